The molecule has 19 heavy (non-hydrogen) atoms. The van der Waals surface area contributed by atoms with E-state index in [4.69, 9.17) is 5.11 Å². The summed E-state index contributed by atoms with van der Waals surface area (Å²) in [4.78, 5) is 24.3. The topological polar surface area (TPSA) is 57.6 Å². The Morgan fingerprint density at radius 1 is 1.32 bits per heavy atom. The second-order valence-corrected chi connectivity index (χ2v) is 4.85. The second-order valence-electron chi connectivity index (χ2n) is 4.85. The molecule has 1 heterocycles. The minimum Gasteiger partial charge on any atom is -0.481 e. The number of aliphatic carboxylic acids is 1. The minimum atomic E-state index is -0.821. The number of carbonyl (C=O) groups excluding carboxylic acids is 1. The normalized spacial score (nSPS) is 19.0. The summed E-state index contributed by atoms with van der Waals surface area (Å²) in [5, 5.41) is 8.89. The molecule has 1 fully saturated rings. The van der Waals surface area contributed by atoms with Crippen molar-refractivity contribution in [1.82, 2.24) is 4.90 Å². The Kier molecular flexibility index (Phi) is 4.00. The van der Waals surface area contributed by atoms with Crippen LogP contribution in [-0.4, -0.2) is 35.0 Å². The van der Waals surface area contributed by atoms with Crippen LogP contribution < -0.4 is 0 Å². The minimum absolute atomic E-state index is 0.121. The van der Waals surface area contributed by atoms with E-state index in [0.717, 1.165) is 5.56 Å². The van der Waals surface area contributed by atoms with Crippen LogP contribution in [0, 0.1) is 12.8 Å². The molecule has 4 nitrogen and oxygen atoms in total. The van der Waals surface area contributed by atoms with Gasteiger partial charge in [-0.05, 0) is 25.0 Å². The van der Waals surface area contributed by atoms with Crippen molar-refractivity contribution in [3.63, 3.8) is 0 Å². The van der Waals surface area contributed by atoms with Gasteiger partial charge in [-0.2, -0.15) is 0 Å². The van der Waals surface area contributed by atoms with Crippen LogP contribution in [0.3, 0.4) is 0 Å². The number of aryl methyl sites for hydroxylation is 1. The molecule has 4 heteroatoms. The highest BCUT2D eigenvalue weighted by Crippen LogP contribution is 2.17. The van der Waals surface area contributed by atoms with Crippen molar-refractivity contribution in [2.75, 3.05) is 13.1 Å². The third kappa shape index (κ3) is 3.44. The van der Waals surface area contributed by atoms with Gasteiger partial charge in [0, 0.05) is 19.2 Å². The zero-order chi connectivity index (χ0) is 13.8. The number of benzene rings is 1. The molecule has 0 bridgehead atoms. The Morgan fingerprint density at radius 3 is 2.58 bits per heavy atom. The molecular formula is C15H17NO3. The lowest BCUT2D eigenvalue weighted by molar-refractivity contribution is -0.141. The molecule has 0 saturated carbocycles. The maximum absolute atomic E-state index is 11.9. The quantitative estimate of drug-likeness (QED) is 0.844. The van der Waals surface area contributed by atoms with E-state index in [2.05, 4.69) is 0 Å². The maximum Gasteiger partial charge on any atom is 0.308 e. The Bertz CT molecular complexity index is 505. The van der Waals surface area contributed by atoms with Gasteiger partial charge >= 0.3 is 5.97 Å². The van der Waals surface area contributed by atoms with Crippen molar-refractivity contribution < 1.29 is 14.7 Å². The highest BCUT2D eigenvalue weighted by atomic mass is 16.4. The number of carboxylic acids is 1. The Balaban J connectivity index is 1.94. The van der Waals surface area contributed by atoms with E-state index in [1.165, 1.54) is 11.6 Å². The van der Waals surface area contributed by atoms with E-state index >= 15 is 0 Å². The van der Waals surface area contributed by atoms with Crippen LogP contribution in [0.25, 0.3) is 6.08 Å². The van der Waals surface area contributed by atoms with Gasteiger partial charge in [0.25, 0.3) is 0 Å². The van der Waals surface area contributed by atoms with Crippen LogP contribution in [0.4, 0.5) is 0 Å². The first-order valence-electron chi connectivity index (χ1n) is 6.33. The molecule has 1 aromatic carbocycles. The lowest BCUT2D eigenvalue weighted by atomic mass is 10.1. The van der Waals surface area contributed by atoms with Gasteiger partial charge in [0.05, 0.1) is 5.92 Å². The molecule has 1 N–H and O–H groups in total. The highest BCUT2D eigenvalue weighted by molar-refractivity contribution is 5.92. The molecule has 1 amide bonds. The van der Waals surface area contributed by atoms with Gasteiger partial charge in [0.1, 0.15) is 0 Å². The molecule has 2 rings (SSSR count). The number of nitrogens with zero attached hydrogens (tertiary/aromatic N) is 1. The first kappa shape index (κ1) is 13.3. The molecule has 1 aliphatic heterocycles. The molecule has 1 unspecified atom stereocenters. The van der Waals surface area contributed by atoms with Crippen LogP contribution in [0.5, 0.6) is 0 Å². The van der Waals surface area contributed by atoms with Crippen LogP contribution in [0.15, 0.2) is 30.3 Å². The number of rotatable bonds is 3. The summed E-state index contributed by atoms with van der Waals surface area (Å²) in [6.45, 7) is 2.84. The lowest BCUT2D eigenvalue weighted by Crippen LogP contribution is -2.28. The summed E-state index contributed by atoms with van der Waals surface area (Å²) in [5.41, 5.74) is 2.14. The van der Waals surface area contributed by atoms with Crippen LogP contribution >= 0.6 is 0 Å². The molecule has 1 saturated heterocycles. The maximum atomic E-state index is 11.9. The number of hydrogen-bond acceptors (Lipinski definition) is 2. The molecule has 0 spiro atoms. The van der Waals surface area contributed by atoms with Gasteiger partial charge in [0.2, 0.25) is 5.91 Å². The zero-order valence-corrected chi connectivity index (χ0v) is 10.9. The molecule has 0 aromatic heterocycles. The highest BCUT2D eigenvalue weighted by Gasteiger charge is 2.29. The van der Waals surface area contributed by atoms with Crippen molar-refractivity contribution in [3.05, 3.63) is 41.5 Å². The van der Waals surface area contributed by atoms with E-state index in [1.54, 1.807) is 11.0 Å². The monoisotopic (exact) mass is 259 g/mol. The van der Waals surface area contributed by atoms with E-state index in [9.17, 15) is 9.59 Å². The fraction of sp³-hybridized carbons (Fsp3) is 0.333. The molecule has 1 atom stereocenters. The van der Waals surface area contributed by atoms with E-state index in [1.807, 2.05) is 31.2 Å². The van der Waals surface area contributed by atoms with Crippen molar-refractivity contribution in [2.24, 2.45) is 5.92 Å². The number of carboxylic acid groups (broad SMARTS) is 1. The molecule has 1 aliphatic rings. The van der Waals surface area contributed by atoms with Crippen molar-refractivity contribution in [1.29, 1.82) is 0 Å². The van der Waals surface area contributed by atoms with Gasteiger partial charge in [-0.25, -0.2) is 0 Å². The summed E-state index contributed by atoms with van der Waals surface area (Å²) in [6, 6.07) is 7.87. The number of likely N-dealkylation sites (tertiary alicyclic amines) is 1. The summed E-state index contributed by atoms with van der Waals surface area (Å²) >= 11 is 0. The van der Waals surface area contributed by atoms with Gasteiger partial charge in [-0.15, -0.1) is 0 Å². The van der Waals surface area contributed by atoms with Gasteiger partial charge in [-0.1, -0.05) is 29.8 Å². The smallest absolute Gasteiger partial charge is 0.308 e. The zero-order valence-electron chi connectivity index (χ0n) is 10.9. The predicted octanol–water partition coefficient (Wildman–Crippen LogP) is 1.94. The summed E-state index contributed by atoms with van der Waals surface area (Å²) in [6.07, 6.45) is 3.81. The van der Waals surface area contributed by atoms with Gasteiger partial charge < -0.3 is 10.0 Å². The largest absolute Gasteiger partial charge is 0.481 e. The summed E-state index contributed by atoms with van der Waals surface area (Å²) < 4.78 is 0. The predicted molar refractivity (Wildman–Crippen MR) is 72.5 cm³/mol. The number of amides is 1. The first-order valence-corrected chi connectivity index (χ1v) is 6.33. The van der Waals surface area contributed by atoms with Crippen LogP contribution in [0.2, 0.25) is 0 Å². The summed E-state index contributed by atoms with van der Waals surface area (Å²) in [7, 11) is 0. The summed E-state index contributed by atoms with van der Waals surface area (Å²) in [5.74, 6) is -1.36. The van der Waals surface area contributed by atoms with Crippen molar-refractivity contribution >= 4 is 18.0 Å². The molecule has 1 aromatic rings. The van der Waals surface area contributed by atoms with E-state index in [-0.39, 0.29) is 5.91 Å². The van der Waals surface area contributed by atoms with Crippen molar-refractivity contribution in [3.8, 4) is 0 Å². The molecule has 0 aliphatic carbocycles. The standard InChI is InChI=1S/C15H17NO3/c1-11-2-4-12(5-3-11)6-7-14(17)16-9-8-13(10-16)15(18)19/h2-7,13H,8-10H2,1H3,(H,18,19). The van der Waals surface area contributed by atoms with Gasteiger partial charge in [-0.3, -0.25) is 9.59 Å². The van der Waals surface area contributed by atoms with Gasteiger partial charge in [0.15, 0.2) is 0 Å². The molecule has 0 radical (unpaired) electrons. The van der Waals surface area contributed by atoms with Crippen LogP contribution in [-0.2, 0) is 9.59 Å². The Hall–Kier alpha value is -2.10. The number of carbonyl (C=O) groups is 2. The van der Waals surface area contributed by atoms with Crippen LogP contribution in [0.1, 0.15) is 17.5 Å². The third-order valence-corrected chi connectivity index (χ3v) is 3.34. The molecule has 100 valence electrons. The SMILES string of the molecule is Cc1ccc(C=CC(=O)N2CCC(C(=O)O)C2)cc1. The van der Waals surface area contributed by atoms with Crippen molar-refractivity contribution in [2.45, 2.75) is 13.3 Å². The third-order valence-electron chi connectivity index (χ3n) is 3.34. The average Bonchev–Trinajstić information content (AvgIpc) is 2.87. The first-order chi connectivity index (χ1) is 9.06. The Labute approximate surface area is 112 Å². The van der Waals surface area contributed by atoms with E-state index in [0.29, 0.717) is 19.5 Å². The second kappa shape index (κ2) is 5.69. The number of hydrogen-bond donors (Lipinski definition) is 1. The Morgan fingerprint density at radius 2 is 2.00 bits per heavy atom. The fourth-order valence-electron chi connectivity index (χ4n) is 2.11. The average molecular weight is 259 g/mol. The lowest BCUT2D eigenvalue weighted by Gasteiger charge is -2.12. The van der Waals surface area contributed by atoms with E-state index < -0.39 is 11.9 Å². The fourth-order valence-corrected chi connectivity index (χ4v) is 2.11. The molecular weight excluding hydrogens is 242 g/mol.